The summed E-state index contributed by atoms with van der Waals surface area (Å²) < 4.78 is 14.6. The van der Waals surface area contributed by atoms with Crippen molar-refractivity contribution in [2.75, 3.05) is 0 Å². The largest absolute Gasteiger partial charge is 0.490 e. The molecule has 0 unspecified atom stereocenters. The third-order valence-corrected chi connectivity index (χ3v) is 2.42. The van der Waals surface area contributed by atoms with Crippen molar-refractivity contribution in [3.05, 3.63) is 51.0 Å². The Labute approximate surface area is 99.8 Å². The van der Waals surface area contributed by atoms with Crippen LogP contribution < -0.4 is 0 Å². The Morgan fingerprint density at radius 2 is 2.29 bits per heavy atom. The molecule has 0 aliphatic carbocycles. The fraction of sp³-hybridized carbons (Fsp3) is 0.111. The van der Waals surface area contributed by atoms with Crippen LogP contribution in [-0.2, 0) is 6.54 Å². The van der Waals surface area contributed by atoms with Gasteiger partial charge in [0.2, 0.25) is 6.33 Å². The molecule has 17 heavy (non-hydrogen) atoms. The van der Waals surface area contributed by atoms with Crippen molar-refractivity contribution in [1.29, 1.82) is 0 Å². The first-order valence-corrected chi connectivity index (χ1v) is 4.92. The Bertz CT molecular complexity index is 552. The third kappa shape index (κ3) is 2.39. The molecule has 8 heteroatoms. The summed E-state index contributed by atoms with van der Waals surface area (Å²) in [5, 5.41) is 14.2. The summed E-state index contributed by atoms with van der Waals surface area (Å²) in [5.41, 5.74) is 0.217. The van der Waals surface area contributed by atoms with Crippen molar-refractivity contribution >= 4 is 17.5 Å². The van der Waals surface area contributed by atoms with Gasteiger partial charge in [-0.2, -0.15) is 4.68 Å². The van der Waals surface area contributed by atoms with Gasteiger partial charge in [-0.1, -0.05) is 22.7 Å². The van der Waals surface area contributed by atoms with Crippen LogP contribution in [0.15, 0.2) is 24.5 Å². The van der Waals surface area contributed by atoms with Gasteiger partial charge in [0.05, 0.1) is 6.54 Å². The van der Waals surface area contributed by atoms with Crippen LogP contribution in [0.5, 0.6) is 0 Å². The maximum Gasteiger partial charge on any atom is 0.490 e. The average molecular weight is 257 g/mol. The molecule has 0 spiro atoms. The molecule has 2 aromatic rings. The zero-order valence-corrected chi connectivity index (χ0v) is 9.13. The van der Waals surface area contributed by atoms with Crippen LogP contribution in [-0.4, -0.2) is 19.7 Å². The van der Waals surface area contributed by atoms with Crippen LogP contribution in [0, 0.1) is 15.9 Å². The van der Waals surface area contributed by atoms with Crippen molar-refractivity contribution < 1.29 is 9.31 Å². The molecule has 1 aromatic heterocycles. The molecule has 1 aromatic carbocycles. The minimum Gasteiger partial charge on any atom is -0.390 e. The van der Waals surface area contributed by atoms with Crippen LogP contribution in [0.1, 0.15) is 5.56 Å². The first kappa shape index (κ1) is 11.5. The second kappa shape index (κ2) is 4.46. The van der Waals surface area contributed by atoms with Crippen molar-refractivity contribution in [1.82, 2.24) is 14.8 Å². The molecule has 6 nitrogen and oxygen atoms in total. The number of aromatic nitrogens is 3. The molecule has 0 fully saturated rings. The molecule has 0 aliphatic rings. The van der Waals surface area contributed by atoms with Gasteiger partial charge >= 0.3 is 5.95 Å². The number of benzene rings is 1. The quantitative estimate of drug-likeness (QED) is 0.622. The number of halogens is 2. The van der Waals surface area contributed by atoms with E-state index in [0.29, 0.717) is 0 Å². The van der Waals surface area contributed by atoms with Gasteiger partial charge in [-0.15, -0.1) is 0 Å². The van der Waals surface area contributed by atoms with E-state index in [1.54, 1.807) is 0 Å². The van der Waals surface area contributed by atoms with E-state index in [4.69, 9.17) is 11.6 Å². The molecule has 0 atom stereocenters. The molecule has 1 heterocycles. The molecule has 0 amide bonds. The smallest absolute Gasteiger partial charge is 0.390 e. The summed E-state index contributed by atoms with van der Waals surface area (Å²) in [6, 6.07) is 4.27. The molecule has 0 N–H and O–H groups in total. The highest BCUT2D eigenvalue weighted by atomic mass is 35.5. The van der Waals surface area contributed by atoms with E-state index in [9.17, 15) is 14.5 Å². The monoisotopic (exact) mass is 256 g/mol. The van der Waals surface area contributed by atoms with Gasteiger partial charge in [0.25, 0.3) is 0 Å². The summed E-state index contributed by atoms with van der Waals surface area (Å²) in [7, 11) is 0. The van der Waals surface area contributed by atoms with Gasteiger partial charge in [-0.05, 0) is 17.1 Å². The molecule has 0 saturated heterocycles. The molecule has 2 rings (SSSR count). The van der Waals surface area contributed by atoms with E-state index in [2.05, 4.69) is 10.1 Å². The Kier molecular flexibility index (Phi) is 3.01. The van der Waals surface area contributed by atoms with Gasteiger partial charge in [0.1, 0.15) is 5.82 Å². The van der Waals surface area contributed by atoms with E-state index < -0.39 is 16.7 Å². The van der Waals surface area contributed by atoms with E-state index in [0.717, 1.165) is 11.0 Å². The lowest BCUT2D eigenvalue weighted by Crippen LogP contribution is -2.04. The highest BCUT2D eigenvalue weighted by Crippen LogP contribution is 2.19. The summed E-state index contributed by atoms with van der Waals surface area (Å²) in [6.45, 7) is -0.00759. The van der Waals surface area contributed by atoms with Crippen LogP contribution in [0.25, 0.3) is 0 Å². The molecule has 0 bridgehead atoms. The zero-order chi connectivity index (χ0) is 12.4. The van der Waals surface area contributed by atoms with Crippen LogP contribution in [0.3, 0.4) is 0 Å². The van der Waals surface area contributed by atoms with Crippen LogP contribution in [0.4, 0.5) is 10.3 Å². The van der Waals surface area contributed by atoms with Crippen LogP contribution >= 0.6 is 11.6 Å². The SMILES string of the molecule is O=[N+]([O-])c1ncn(Cc2c(F)cccc2Cl)n1. The number of nitrogens with zero attached hydrogens (tertiary/aromatic N) is 4. The maximum absolute atomic E-state index is 13.4. The standard InChI is InChI=1S/C9H6ClFN4O2/c10-7-2-1-3-8(11)6(7)4-14-5-12-9(13-14)15(16)17/h1-3,5H,4H2. The predicted molar refractivity (Wildman–Crippen MR) is 57.2 cm³/mol. The number of rotatable bonds is 3. The minimum atomic E-state index is -0.723. The number of hydrogen-bond donors (Lipinski definition) is 0. The molecular weight excluding hydrogens is 251 g/mol. The summed E-state index contributed by atoms with van der Waals surface area (Å²) in [4.78, 5) is 13.1. The van der Waals surface area contributed by atoms with Crippen molar-refractivity contribution in [3.63, 3.8) is 0 Å². The molecule has 0 aliphatic heterocycles. The van der Waals surface area contributed by atoms with E-state index >= 15 is 0 Å². The number of nitro groups is 1. The fourth-order valence-corrected chi connectivity index (χ4v) is 1.51. The first-order valence-electron chi connectivity index (χ1n) is 4.54. The van der Waals surface area contributed by atoms with Gasteiger partial charge in [-0.3, -0.25) is 0 Å². The van der Waals surface area contributed by atoms with E-state index in [1.165, 1.54) is 18.2 Å². The second-order valence-corrected chi connectivity index (χ2v) is 3.61. The summed E-state index contributed by atoms with van der Waals surface area (Å²) in [6.07, 6.45) is 1.15. The van der Waals surface area contributed by atoms with Gasteiger partial charge < -0.3 is 10.1 Å². The topological polar surface area (TPSA) is 73.8 Å². The average Bonchev–Trinajstić information content (AvgIpc) is 2.72. The molecule has 0 radical (unpaired) electrons. The molecular formula is C9H6ClFN4O2. The van der Waals surface area contributed by atoms with Gasteiger partial charge in [0.15, 0.2) is 0 Å². The fourth-order valence-electron chi connectivity index (χ4n) is 1.29. The zero-order valence-electron chi connectivity index (χ0n) is 8.38. The minimum absolute atomic E-state index is 0.00759. The Balaban J connectivity index is 2.28. The molecule has 88 valence electrons. The predicted octanol–water partition coefficient (Wildman–Crippen LogP) is 2.03. The van der Waals surface area contributed by atoms with E-state index in [1.807, 2.05) is 0 Å². The maximum atomic E-state index is 13.4. The van der Waals surface area contributed by atoms with Gasteiger partial charge in [-0.25, -0.2) is 4.39 Å². The lowest BCUT2D eigenvalue weighted by Gasteiger charge is -2.02. The highest BCUT2D eigenvalue weighted by molar-refractivity contribution is 6.31. The second-order valence-electron chi connectivity index (χ2n) is 3.20. The Morgan fingerprint density at radius 1 is 1.53 bits per heavy atom. The third-order valence-electron chi connectivity index (χ3n) is 2.07. The van der Waals surface area contributed by atoms with Gasteiger partial charge in [0, 0.05) is 15.7 Å². The first-order chi connectivity index (χ1) is 8.08. The Hall–Kier alpha value is -2.02. The van der Waals surface area contributed by atoms with Crippen molar-refractivity contribution in [3.8, 4) is 0 Å². The van der Waals surface area contributed by atoms with Crippen LogP contribution in [0.2, 0.25) is 5.02 Å². The van der Waals surface area contributed by atoms with E-state index in [-0.39, 0.29) is 17.1 Å². The highest BCUT2D eigenvalue weighted by Gasteiger charge is 2.15. The lowest BCUT2D eigenvalue weighted by molar-refractivity contribution is -0.394. The summed E-state index contributed by atoms with van der Waals surface area (Å²) >= 11 is 5.81. The van der Waals surface area contributed by atoms with Crippen molar-refractivity contribution in [2.24, 2.45) is 0 Å². The van der Waals surface area contributed by atoms with Crippen molar-refractivity contribution in [2.45, 2.75) is 6.54 Å². The Morgan fingerprint density at radius 3 is 2.88 bits per heavy atom. The normalized spacial score (nSPS) is 10.5. The number of hydrogen-bond acceptors (Lipinski definition) is 4. The summed E-state index contributed by atoms with van der Waals surface area (Å²) in [5.74, 6) is -1.02. The lowest BCUT2D eigenvalue weighted by atomic mass is 10.2. The molecule has 0 saturated carbocycles.